The number of anilines is 1. The lowest BCUT2D eigenvalue weighted by atomic mass is 10.1. The highest BCUT2D eigenvalue weighted by Crippen LogP contribution is 2.28. The quantitative estimate of drug-likeness (QED) is 0.782. The summed E-state index contributed by atoms with van der Waals surface area (Å²) in [6, 6.07) is 8.29. The molecule has 2 heterocycles. The molecule has 0 saturated carbocycles. The molecule has 0 aliphatic rings. The summed E-state index contributed by atoms with van der Waals surface area (Å²) in [6.45, 7) is 16.3. The zero-order chi connectivity index (χ0) is 19.4. The first-order valence-corrected chi connectivity index (χ1v) is 8.84. The van der Waals surface area contributed by atoms with Crippen LogP contribution in [0.2, 0.25) is 0 Å². The van der Waals surface area contributed by atoms with E-state index < -0.39 is 0 Å². The molecule has 0 aromatic carbocycles. The molecular formula is C22H29N3O. The zero-order valence-corrected chi connectivity index (χ0v) is 16.7. The van der Waals surface area contributed by atoms with Gasteiger partial charge in [-0.15, -0.1) is 0 Å². The monoisotopic (exact) mass is 351 g/mol. The first kappa shape index (κ1) is 19.7. The van der Waals surface area contributed by atoms with E-state index in [4.69, 9.17) is 4.98 Å². The highest BCUT2D eigenvalue weighted by Gasteiger charge is 2.15. The van der Waals surface area contributed by atoms with Gasteiger partial charge in [-0.2, -0.15) is 0 Å². The second kappa shape index (κ2) is 8.19. The number of allylic oxidation sites excluding steroid dienone is 4. The van der Waals surface area contributed by atoms with Crippen molar-refractivity contribution in [2.24, 2.45) is 0 Å². The molecule has 0 saturated heterocycles. The standard InChI is InChI=1S/C22H29N3O/c1-8-17(5)24(15(2)3)21-13-20(16(4)11-12-26)14-22(23-21)25-18(6)9-10-19(25)7/h8-11,13-14,26H,2,12H2,1,3-7H3/b16-11-,17-8-. The molecule has 0 unspecified atom stereocenters. The summed E-state index contributed by atoms with van der Waals surface area (Å²) in [7, 11) is 0. The molecule has 2 aromatic rings. The third kappa shape index (κ3) is 3.97. The SMILES string of the molecule is C=C(C)N(/C(C)=C\C)c1cc(/C(C)=C\CO)cc(-n2c(C)ccc2C)n1. The topological polar surface area (TPSA) is 41.3 Å². The molecule has 4 nitrogen and oxygen atoms in total. The fraction of sp³-hybridized carbons (Fsp3) is 0.318. The van der Waals surface area contributed by atoms with Crippen LogP contribution in [0.15, 0.2) is 54.4 Å². The minimum atomic E-state index is 0.0124. The summed E-state index contributed by atoms with van der Waals surface area (Å²) in [5.74, 6) is 1.68. The molecule has 2 aromatic heterocycles. The average Bonchev–Trinajstić information content (AvgIpc) is 2.93. The summed E-state index contributed by atoms with van der Waals surface area (Å²) in [5, 5.41) is 9.30. The van der Waals surface area contributed by atoms with Crippen LogP contribution < -0.4 is 4.90 Å². The maximum Gasteiger partial charge on any atom is 0.140 e. The van der Waals surface area contributed by atoms with Crippen LogP contribution in [0, 0.1) is 13.8 Å². The van der Waals surface area contributed by atoms with Crippen molar-refractivity contribution in [2.75, 3.05) is 11.5 Å². The number of hydrogen-bond donors (Lipinski definition) is 1. The van der Waals surface area contributed by atoms with Gasteiger partial charge in [0.25, 0.3) is 0 Å². The first-order valence-electron chi connectivity index (χ1n) is 8.84. The number of nitrogens with zero attached hydrogens (tertiary/aromatic N) is 3. The van der Waals surface area contributed by atoms with Gasteiger partial charge in [0.2, 0.25) is 0 Å². The number of aliphatic hydroxyl groups excluding tert-OH is 1. The molecule has 1 N–H and O–H groups in total. The van der Waals surface area contributed by atoms with E-state index in [0.717, 1.165) is 45.6 Å². The molecule has 26 heavy (non-hydrogen) atoms. The third-order valence-electron chi connectivity index (χ3n) is 4.53. The van der Waals surface area contributed by atoms with Gasteiger partial charge in [0.15, 0.2) is 0 Å². The van der Waals surface area contributed by atoms with Gasteiger partial charge in [-0.25, -0.2) is 4.98 Å². The lowest BCUT2D eigenvalue weighted by Crippen LogP contribution is -2.20. The van der Waals surface area contributed by atoms with Crippen molar-refractivity contribution >= 4 is 11.4 Å². The van der Waals surface area contributed by atoms with Gasteiger partial charge in [0, 0.05) is 22.8 Å². The summed E-state index contributed by atoms with van der Waals surface area (Å²) in [6.07, 6.45) is 3.86. The second-order valence-electron chi connectivity index (χ2n) is 6.59. The molecule has 0 aliphatic heterocycles. The Morgan fingerprint density at radius 1 is 1.19 bits per heavy atom. The van der Waals surface area contributed by atoms with Crippen molar-refractivity contribution in [2.45, 2.75) is 41.5 Å². The summed E-state index contributed by atoms with van der Waals surface area (Å²) < 4.78 is 2.14. The van der Waals surface area contributed by atoms with Crippen LogP contribution >= 0.6 is 0 Å². The molecule has 0 spiro atoms. The Labute approximate surface area is 156 Å². The van der Waals surface area contributed by atoms with E-state index >= 15 is 0 Å². The summed E-state index contributed by atoms with van der Waals surface area (Å²) >= 11 is 0. The Hall–Kier alpha value is -2.59. The van der Waals surface area contributed by atoms with Gasteiger partial charge >= 0.3 is 0 Å². The largest absolute Gasteiger partial charge is 0.392 e. The molecule has 0 bridgehead atoms. The van der Waals surface area contributed by atoms with E-state index in [1.807, 2.05) is 50.8 Å². The Morgan fingerprint density at radius 2 is 1.81 bits per heavy atom. The van der Waals surface area contributed by atoms with Crippen LogP contribution in [0.1, 0.15) is 44.6 Å². The fourth-order valence-corrected chi connectivity index (χ4v) is 3.05. The molecule has 0 aliphatic carbocycles. The number of rotatable bonds is 6. The van der Waals surface area contributed by atoms with E-state index in [1.165, 1.54) is 0 Å². The van der Waals surface area contributed by atoms with Crippen molar-refractivity contribution in [3.63, 3.8) is 0 Å². The molecule has 0 fully saturated rings. The average molecular weight is 351 g/mol. The molecule has 2 rings (SSSR count). The van der Waals surface area contributed by atoms with E-state index in [9.17, 15) is 5.11 Å². The molecule has 0 radical (unpaired) electrons. The maximum atomic E-state index is 9.30. The molecule has 0 amide bonds. The Bertz CT molecular complexity index is 852. The van der Waals surface area contributed by atoms with E-state index in [2.05, 4.69) is 43.2 Å². The van der Waals surface area contributed by atoms with Crippen molar-refractivity contribution in [1.82, 2.24) is 9.55 Å². The normalized spacial score (nSPS) is 12.4. The van der Waals surface area contributed by atoms with Crippen LogP contribution in [-0.4, -0.2) is 21.3 Å². The summed E-state index contributed by atoms with van der Waals surface area (Å²) in [4.78, 5) is 6.98. The number of aliphatic hydroxyl groups is 1. The molecular weight excluding hydrogens is 322 g/mol. The van der Waals surface area contributed by atoms with Gasteiger partial charge < -0.3 is 14.6 Å². The minimum absolute atomic E-state index is 0.0124. The van der Waals surface area contributed by atoms with E-state index in [1.54, 1.807) is 0 Å². The van der Waals surface area contributed by atoms with E-state index in [-0.39, 0.29) is 6.61 Å². The van der Waals surface area contributed by atoms with Gasteiger partial charge in [-0.05, 0) is 76.9 Å². The smallest absolute Gasteiger partial charge is 0.140 e. The van der Waals surface area contributed by atoms with Crippen LogP contribution in [0.25, 0.3) is 11.4 Å². The minimum Gasteiger partial charge on any atom is -0.392 e. The molecule has 0 atom stereocenters. The lowest BCUT2D eigenvalue weighted by Gasteiger charge is -2.26. The molecule has 138 valence electrons. The van der Waals surface area contributed by atoms with Crippen LogP contribution in [0.5, 0.6) is 0 Å². The van der Waals surface area contributed by atoms with Crippen molar-refractivity contribution in [3.05, 3.63) is 71.3 Å². The fourth-order valence-electron chi connectivity index (χ4n) is 3.05. The maximum absolute atomic E-state index is 9.30. The predicted octanol–water partition coefficient (Wildman–Crippen LogP) is 5.15. The Kier molecular flexibility index (Phi) is 6.22. The zero-order valence-electron chi connectivity index (χ0n) is 16.7. The van der Waals surface area contributed by atoms with Crippen molar-refractivity contribution < 1.29 is 5.11 Å². The van der Waals surface area contributed by atoms with Gasteiger partial charge in [0.1, 0.15) is 11.6 Å². The van der Waals surface area contributed by atoms with Crippen molar-refractivity contribution in [3.8, 4) is 5.82 Å². The van der Waals surface area contributed by atoms with E-state index in [0.29, 0.717) is 0 Å². The number of aromatic nitrogens is 2. The third-order valence-corrected chi connectivity index (χ3v) is 4.53. The van der Waals surface area contributed by atoms with Crippen LogP contribution in [0.3, 0.4) is 0 Å². The van der Waals surface area contributed by atoms with Gasteiger partial charge in [-0.1, -0.05) is 18.7 Å². The number of aryl methyl sites for hydroxylation is 2. The highest BCUT2D eigenvalue weighted by atomic mass is 16.2. The Balaban J connectivity index is 2.76. The number of pyridine rings is 1. The van der Waals surface area contributed by atoms with Crippen LogP contribution in [0.4, 0.5) is 5.82 Å². The lowest BCUT2D eigenvalue weighted by molar-refractivity contribution is 0.343. The molecule has 4 heteroatoms. The highest BCUT2D eigenvalue weighted by molar-refractivity contribution is 5.69. The summed E-state index contributed by atoms with van der Waals surface area (Å²) in [5.41, 5.74) is 6.28. The van der Waals surface area contributed by atoms with Gasteiger partial charge in [0.05, 0.1) is 6.61 Å². The van der Waals surface area contributed by atoms with Crippen LogP contribution in [-0.2, 0) is 0 Å². The second-order valence-corrected chi connectivity index (χ2v) is 6.59. The van der Waals surface area contributed by atoms with Gasteiger partial charge in [-0.3, -0.25) is 0 Å². The van der Waals surface area contributed by atoms with Crippen molar-refractivity contribution in [1.29, 1.82) is 0 Å². The first-order chi connectivity index (χ1) is 12.3. The Morgan fingerprint density at radius 3 is 2.31 bits per heavy atom. The predicted molar refractivity (Wildman–Crippen MR) is 110 cm³/mol. The number of hydrogen-bond acceptors (Lipinski definition) is 3.